The molecule has 0 bridgehead atoms. The zero-order valence-electron chi connectivity index (χ0n) is 14.6. The standard InChI is InChI=1S/C17H23N3O6/c1-10(16(23)24)19-14(21)9-12(18)15(22)20-13(17(25)26-2)8-11-6-4-3-5-7-11/h3-7,10,12-13H,8-9,18H2,1-2H3,(H,19,21)(H,20,22)(H,23,24)/t10-,12+,13+/m1/s1. The van der Waals surface area contributed by atoms with Crippen molar-refractivity contribution < 1.29 is 29.0 Å². The lowest BCUT2D eigenvalue weighted by Gasteiger charge is -2.19. The first-order chi connectivity index (χ1) is 12.2. The monoisotopic (exact) mass is 365 g/mol. The highest BCUT2D eigenvalue weighted by Gasteiger charge is 2.26. The predicted molar refractivity (Wildman–Crippen MR) is 91.9 cm³/mol. The molecule has 0 spiro atoms. The lowest BCUT2D eigenvalue weighted by molar-refractivity contribution is -0.145. The maximum atomic E-state index is 12.2. The van der Waals surface area contributed by atoms with Crippen molar-refractivity contribution in [3.05, 3.63) is 35.9 Å². The minimum atomic E-state index is -1.24. The number of carbonyl (C=O) groups excluding carboxylic acids is 3. The van der Waals surface area contributed by atoms with E-state index in [-0.39, 0.29) is 6.42 Å². The third-order valence-electron chi connectivity index (χ3n) is 3.57. The van der Waals surface area contributed by atoms with E-state index in [9.17, 15) is 19.2 Å². The van der Waals surface area contributed by atoms with Gasteiger partial charge in [0.05, 0.1) is 19.6 Å². The van der Waals surface area contributed by atoms with Crippen LogP contribution in [0, 0.1) is 0 Å². The van der Waals surface area contributed by atoms with Crippen molar-refractivity contribution in [3.8, 4) is 0 Å². The van der Waals surface area contributed by atoms with Crippen LogP contribution in [0.5, 0.6) is 0 Å². The fraction of sp³-hybridized carbons (Fsp3) is 0.412. The van der Waals surface area contributed by atoms with Crippen LogP contribution >= 0.6 is 0 Å². The summed E-state index contributed by atoms with van der Waals surface area (Å²) < 4.78 is 4.69. The Balaban J connectivity index is 2.66. The molecule has 1 aromatic carbocycles. The number of hydrogen-bond donors (Lipinski definition) is 4. The molecule has 3 atom stereocenters. The maximum Gasteiger partial charge on any atom is 0.328 e. The molecule has 0 heterocycles. The molecule has 5 N–H and O–H groups in total. The number of methoxy groups -OCH3 is 1. The van der Waals surface area contributed by atoms with Crippen molar-refractivity contribution in [1.29, 1.82) is 0 Å². The van der Waals surface area contributed by atoms with Gasteiger partial charge in [0.15, 0.2) is 0 Å². The van der Waals surface area contributed by atoms with E-state index in [0.717, 1.165) is 5.56 Å². The Morgan fingerprint density at radius 3 is 2.31 bits per heavy atom. The summed E-state index contributed by atoms with van der Waals surface area (Å²) in [7, 11) is 1.20. The number of carboxylic acid groups (broad SMARTS) is 1. The van der Waals surface area contributed by atoms with Crippen LogP contribution in [0.25, 0.3) is 0 Å². The van der Waals surface area contributed by atoms with Crippen LogP contribution in [0.3, 0.4) is 0 Å². The first-order valence-electron chi connectivity index (χ1n) is 7.94. The maximum absolute atomic E-state index is 12.2. The Bertz CT molecular complexity index is 649. The minimum Gasteiger partial charge on any atom is -0.480 e. The van der Waals surface area contributed by atoms with Gasteiger partial charge in [0.1, 0.15) is 12.1 Å². The second-order valence-corrected chi connectivity index (χ2v) is 5.71. The Labute approximate surface area is 150 Å². The van der Waals surface area contributed by atoms with Crippen LogP contribution < -0.4 is 16.4 Å². The second kappa shape index (κ2) is 10.1. The lowest BCUT2D eigenvalue weighted by atomic mass is 10.1. The summed E-state index contributed by atoms with van der Waals surface area (Å²) in [4.78, 5) is 46.5. The smallest absolute Gasteiger partial charge is 0.328 e. The summed E-state index contributed by atoms with van der Waals surface area (Å²) >= 11 is 0. The zero-order chi connectivity index (χ0) is 19.7. The van der Waals surface area contributed by atoms with Gasteiger partial charge in [-0.05, 0) is 12.5 Å². The molecule has 0 radical (unpaired) electrons. The van der Waals surface area contributed by atoms with Crippen molar-refractivity contribution in [2.75, 3.05) is 7.11 Å². The molecule has 0 aromatic heterocycles. The molecular formula is C17H23N3O6. The molecule has 1 rings (SSSR count). The Morgan fingerprint density at radius 1 is 1.15 bits per heavy atom. The SMILES string of the molecule is COC(=O)[C@H](Cc1ccccc1)NC(=O)[C@@H](N)CC(=O)N[C@H](C)C(=O)O. The van der Waals surface area contributed by atoms with E-state index in [1.165, 1.54) is 14.0 Å². The number of rotatable bonds is 9. The van der Waals surface area contributed by atoms with Gasteiger partial charge in [0, 0.05) is 6.42 Å². The van der Waals surface area contributed by atoms with Gasteiger partial charge in [-0.1, -0.05) is 30.3 Å². The van der Waals surface area contributed by atoms with Gasteiger partial charge in [0.2, 0.25) is 11.8 Å². The molecule has 0 unspecified atom stereocenters. The molecule has 0 saturated carbocycles. The van der Waals surface area contributed by atoms with Crippen molar-refractivity contribution in [2.24, 2.45) is 5.73 Å². The number of amides is 2. The molecule has 0 aliphatic carbocycles. The van der Waals surface area contributed by atoms with E-state index in [4.69, 9.17) is 10.8 Å². The predicted octanol–water partition coefficient (Wildman–Crippen LogP) is -0.806. The fourth-order valence-electron chi connectivity index (χ4n) is 2.12. The number of esters is 1. The first-order valence-corrected chi connectivity index (χ1v) is 7.94. The third-order valence-corrected chi connectivity index (χ3v) is 3.57. The van der Waals surface area contributed by atoms with Crippen molar-refractivity contribution in [3.63, 3.8) is 0 Å². The Hall–Kier alpha value is -2.94. The zero-order valence-corrected chi connectivity index (χ0v) is 14.6. The average molecular weight is 365 g/mol. The molecule has 0 saturated heterocycles. The Morgan fingerprint density at radius 2 is 1.77 bits per heavy atom. The van der Waals surface area contributed by atoms with E-state index in [1.807, 2.05) is 6.07 Å². The highest BCUT2D eigenvalue weighted by atomic mass is 16.5. The summed E-state index contributed by atoms with van der Waals surface area (Å²) in [6, 6.07) is 5.71. The van der Waals surface area contributed by atoms with Crippen molar-refractivity contribution >= 4 is 23.8 Å². The van der Waals surface area contributed by atoms with Crippen LogP contribution in [0.2, 0.25) is 0 Å². The van der Waals surface area contributed by atoms with Crippen LogP contribution in [0.1, 0.15) is 18.9 Å². The number of nitrogens with two attached hydrogens (primary N) is 1. The molecule has 9 heteroatoms. The number of hydrogen-bond acceptors (Lipinski definition) is 6. The quantitative estimate of drug-likeness (QED) is 0.418. The summed E-state index contributed by atoms with van der Waals surface area (Å²) in [5.74, 6) is -3.24. The number of nitrogens with one attached hydrogen (secondary N) is 2. The Kier molecular flexibility index (Phi) is 8.23. The van der Waals surface area contributed by atoms with Gasteiger partial charge >= 0.3 is 11.9 Å². The van der Waals surface area contributed by atoms with Gasteiger partial charge in [-0.15, -0.1) is 0 Å². The van der Waals surface area contributed by atoms with Crippen LogP contribution in [0.15, 0.2) is 30.3 Å². The van der Waals surface area contributed by atoms with Crippen LogP contribution in [-0.4, -0.2) is 54.1 Å². The third kappa shape index (κ3) is 6.89. The van der Waals surface area contributed by atoms with E-state index in [2.05, 4.69) is 15.4 Å². The topological polar surface area (TPSA) is 148 Å². The van der Waals surface area contributed by atoms with E-state index in [0.29, 0.717) is 0 Å². The highest BCUT2D eigenvalue weighted by molar-refractivity contribution is 5.92. The van der Waals surface area contributed by atoms with Gasteiger partial charge in [-0.3, -0.25) is 14.4 Å². The average Bonchev–Trinajstić information content (AvgIpc) is 2.60. The fourth-order valence-corrected chi connectivity index (χ4v) is 2.12. The largest absolute Gasteiger partial charge is 0.480 e. The highest BCUT2D eigenvalue weighted by Crippen LogP contribution is 2.05. The number of carboxylic acids is 1. The lowest BCUT2D eigenvalue weighted by Crippen LogP contribution is -2.51. The van der Waals surface area contributed by atoms with Gasteiger partial charge in [-0.2, -0.15) is 0 Å². The summed E-state index contributed by atoms with van der Waals surface area (Å²) in [5.41, 5.74) is 6.49. The molecule has 0 aliphatic heterocycles. The minimum absolute atomic E-state index is 0.203. The molecule has 142 valence electrons. The van der Waals surface area contributed by atoms with E-state index >= 15 is 0 Å². The number of ether oxygens (including phenoxy) is 1. The molecule has 26 heavy (non-hydrogen) atoms. The molecule has 2 amide bonds. The molecule has 9 nitrogen and oxygen atoms in total. The summed E-state index contributed by atoms with van der Waals surface area (Å²) in [6.07, 6.45) is -0.211. The number of carbonyl (C=O) groups is 4. The second-order valence-electron chi connectivity index (χ2n) is 5.71. The van der Waals surface area contributed by atoms with Gasteiger partial charge < -0.3 is 26.2 Å². The first kappa shape index (κ1) is 21.1. The van der Waals surface area contributed by atoms with Crippen LogP contribution in [0.4, 0.5) is 0 Å². The van der Waals surface area contributed by atoms with Crippen molar-refractivity contribution in [2.45, 2.75) is 37.9 Å². The summed E-state index contributed by atoms with van der Waals surface area (Å²) in [6.45, 7) is 1.29. The van der Waals surface area contributed by atoms with E-state index < -0.39 is 48.3 Å². The number of benzene rings is 1. The molecule has 0 aliphatic rings. The van der Waals surface area contributed by atoms with E-state index in [1.54, 1.807) is 24.3 Å². The van der Waals surface area contributed by atoms with Gasteiger partial charge in [0.25, 0.3) is 0 Å². The molecular weight excluding hydrogens is 342 g/mol. The normalized spacial score (nSPS) is 13.8. The summed E-state index contributed by atoms with van der Waals surface area (Å²) in [5, 5.41) is 13.4. The van der Waals surface area contributed by atoms with Crippen molar-refractivity contribution in [1.82, 2.24) is 10.6 Å². The van der Waals surface area contributed by atoms with Gasteiger partial charge in [-0.25, -0.2) is 4.79 Å². The molecule has 1 aromatic rings. The number of aliphatic carboxylic acids is 1. The van der Waals surface area contributed by atoms with Crippen LogP contribution in [-0.2, 0) is 30.3 Å². The molecule has 0 fully saturated rings.